The smallest absolute Gasteiger partial charge is 0.270 e. The van der Waals surface area contributed by atoms with Gasteiger partial charge in [0.2, 0.25) is 5.91 Å². The van der Waals surface area contributed by atoms with E-state index < -0.39 is 0 Å². The zero-order chi connectivity index (χ0) is 23.2. The highest BCUT2D eigenvalue weighted by Crippen LogP contribution is 2.28. The van der Waals surface area contributed by atoms with Crippen molar-refractivity contribution < 1.29 is 9.59 Å². The number of anilines is 1. The molecule has 0 unspecified atom stereocenters. The first-order valence-electron chi connectivity index (χ1n) is 11.2. The summed E-state index contributed by atoms with van der Waals surface area (Å²) in [5, 5.41) is 7.95. The number of amides is 2. The third kappa shape index (κ3) is 5.86. The van der Waals surface area contributed by atoms with E-state index in [0.717, 1.165) is 48.0 Å². The van der Waals surface area contributed by atoms with Crippen molar-refractivity contribution in [1.82, 2.24) is 20.2 Å². The van der Waals surface area contributed by atoms with Crippen molar-refractivity contribution in [2.75, 3.05) is 31.3 Å². The Morgan fingerprint density at radius 3 is 2.76 bits per heavy atom. The fourth-order valence-electron chi connectivity index (χ4n) is 4.00. The number of alkyl halides is 1. The lowest BCUT2D eigenvalue weighted by Crippen LogP contribution is -2.43. The molecule has 3 aromatic rings. The first-order valence-corrected chi connectivity index (χ1v) is 11.8. The highest BCUT2D eigenvalue weighted by atomic mass is 35.5. The van der Waals surface area contributed by atoms with Crippen LogP contribution in [0.3, 0.4) is 0 Å². The van der Waals surface area contributed by atoms with E-state index in [1.807, 2.05) is 36.4 Å². The molecule has 1 aliphatic heterocycles. The van der Waals surface area contributed by atoms with Crippen molar-refractivity contribution >= 4 is 39.9 Å². The molecule has 1 aliphatic rings. The van der Waals surface area contributed by atoms with Crippen molar-refractivity contribution in [3.8, 4) is 11.4 Å². The summed E-state index contributed by atoms with van der Waals surface area (Å²) in [7, 11) is 2.09. The molecule has 8 heteroatoms. The summed E-state index contributed by atoms with van der Waals surface area (Å²) in [5.74, 6) is 0.668. The topological polar surface area (TPSA) is 87.2 Å². The predicted molar refractivity (Wildman–Crippen MR) is 132 cm³/mol. The van der Waals surface area contributed by atoms with Crippen LogP contribution in [0.15, 0.2) is 48.7 Å². The number of nitrogens with one attached hydrogen (secondary N) is 2. The zero-order valence-electron chi connectivity index (χ0n) is 18.7. The minimum absolute atomic E-state index is 0.0719. The van der Waals surface area contributed by atoms with Crippen molar-refractivity contribution in [1.29, 1.82) is 0 Å². The van der Waals surface area contributed by atoms with E-state index in [9.17, 15) is 9.59 Å². The molecule has 0 spiro atoms. The van der Waals surface area contributed by atoms with Crippen LogP contribution in [0.2, 0.25) is 0 Å². The number of aromatic nitrogens is 2. The average molecular weight is 466 g/mol. The van der Waals surface area contributed by atoms with Crippen LogP contribution < -0.4 is 10.6 Å². The molecule has 0 radical (unpaired) electrons. The number of halogens is 1. The van der Waals surface area contributed by atoms with E-state index in [0.29, 0.717) is 30.2 Å². The summed E-state index contributed by atoms with van der Waals surface area (Å²) in [4.78, 5) is 36.2. The summed E-state index contributed by atoms with van der Waals surface area (Å²) >= 11 is 5.70. The SMILES string of the molecule is CN1CCC(NC(=O)c2ccnc(-c3ccc4cccc(NC(=O)CCCCl)c4c3)n2)CC1. The second-order valence-corrected chi connectivity index (χ2v) is 8.78. The Balaban J connectivity index is 1.55. The molecule has 0 bridgehead atoms. The Bertz CT molecular complexity index is 1140. The first-order chi connectivity index (χ1) is 16.0. The van der Waals surface area contributed by atoms with Gasteiger partial charge in [-0.05, 0) is 63.0 Å². The molecule has 4 rings (SSSR count). The Labute approximate surface area is 198 Å². The van der Waals surface area contributed by atoms with Crippen LogP contribution >= 0.6 is 11.6 Å². The van der Waals surface area contributed by atoms with Crippen LogP contribution in [0.25, 0.3) is 22.2 Å². The van der Waals surface area contributed by atoms with Crippen LogP contribution in [0.1, 0.15) is 36.2 Å². The molecular weight excluding hydrogens is 438 g/mol. The van der Waals surface area contributed by atoms with Crippen molar-refractivity contribution in [2.24, 2.45) is 0 Å². The Morgan fingerprint density at radius 2 is 1.97 bits per heavy atom. The van der Waals surface area contributed by atoms with Gasteiger partial charge >= 0.3 is 0 Å². The molecule has 0 saturated carbocycles. The summed E-state index contributed by atoms with van der Waals surface area (Å²) < 4.78 is 0. The van der Waals surface area contributed by atoms with Crippen LogP contribution in [-0.2, 0) is 4.79 Å². The molecule has 1 fully saturated rings. The van der Waals surface area contributed by atoms with Gasteiger partial charge in [-0.25, -0.2) is 9.97 Å². The zero-order valence-corrected chi connectivity index (χ0v) is 19.4. The number of piperidine rings is 1. The third-order valence-electron chi connectivity index (χ3n) is 5.89. The highest BCUT2D eigenvalue weighted by molar-refractivity contribution is 6.18. The second-order valence-electron chi connectivity index (χ2n) is 8.40. The van der Waals surface area contributed by atoms with E-state index in [-0.39, 0.29) is 17.9 Å². The number of benzene rings is 2. The van der Waals surface area contributed by atoms with E-state index in [2.05, 4.69) is 32.5 Å². The normalized spacial score (nSPS) is 14.8. The van der Waals surface area contributed by atoms with Crippen molar-refractivity contribution in [2.45, 2.75) is 31.7 Å². The molecule has 33 heavy (non-hydrogen) atoms. The lowest BCUT2D eigenvalue weighted by molar-refractivity contribution is -0.116. The summed E-state index contributed by atoms with van der Waals surface area (Å²) in [5.41, 5.74) is 1.85. The number of fused-ring (bicyclic) bond motifs is 1. The van der Waals surface area contributed by atoms with Gasteiger partial charge in [-0.15, -0.1) is 11.6 Å². The fraction of sp³-hybridized carbons (Fsp3) is 0.360. The van der Waals surface area contributed by atoms with E-state index in [1.54, 1.807) is 12.3 Å². The van der Waals surface area contributed by atoms with Gasteiger partial charge in [-0.1, -0.05) is 24.3 Å². The molecule has 1 saturated heterocycles. The van der Waals surface area contributed by atoms with Crippen LogP contribution in [0.5, 0.6) is 0 Å². The Kier molecular flexibility index (Phi) is 7.52. The van der Waals surface area contributed by atoms with Crippen LogP contribution in [-0.4, -0.2) is 58.7 Å². The minimum atomic E-state index is -0.179. The minimum Gasteiger partial charge on any atom is -0.348 e. The number of carbonyl (C=O) groups excluding carboxylic acids is 2. The summed E-state index contributed by atoms with van der Waals surface area (Å²) in [6.45, 7) is 1.95. The van der Waals surface area contributed by atoms with E-state index in [4.69, 9.17) is 11.6 Å². The number of carbonyl (C=O) groups is 2. The molecule has 2 heterocycles. The average Bonchev–Trinajstić information content (AvgIpc) is 2.84. The van der Waals surface area contributed by atoms with Gasteiger partial charge in [0.15, 0.2) is 5.82 Å². The molecule has 0 aliphatic carbocycles. The van der Waals surface area contributed by atoms with Crippen LogP contribution in [0.4, 0.5) is 5.69 Å². The largest absolute Gasteiger partial charge is 0.348 e. The number of hydrogen-bond donors (Lipinski definition) is 2. The molecule has 172 valence electrons. The molecule has 0 atom stereocenters. The van der Waals surface area contributed by atoms with Crippen molar-refractivity contribution in [3.05, 3.63) is 54.4 Å². The monoisotopic (exact) mass is 465 g/mol. The molecular formula is C25H28ClN5O2. The lowest BCUT2D eigenvalue weighted by atomic mass is 10.0. The van der Waals surface area contributed by atoms with E-state index in [1.165, 1.54) is 0 Å². The quantitative estimate of drug-likeness (QED) is 0.513. The van der Waals surface area contributed by atoms with Gasteiger partial charge in [0, 0.05) is 41.2 Å². The van der Waals surface area contributed by atoms with Crippen LogP contribution in [0, 0.1) is 0 Å². The third-order valence-corrected chi connectivity index (χ3v) is 6.16. The standard InChI is InChI=1S/C25H28ClN5O2/c1-31-14-10-19(11-15-31)28-25(33)22-9-13-27-24(30-22)18-8-7-17-4-2-5-21(20(17)16-18)29-23(32)6-3-12-26/h2,4-5,7-9,13,16,19H,3,6,10-12,14-15H2,1H3,(H,28,33)(H,29,32). The number of hydrogen-bond acceptors (Lipinski definition) is 5. The Morgan fingerprint density at radius 1 is 1.15 bits per heavy atom. The van der Waals surface area contributed by atoms with Gasteiger partial charge in [-0.3, -0.25) is 9.59 Å². The molecule has 2 aromatic carbocycles. The summed E-state index contributed by atoms with van der Waals surface area (Å²) in [6.07, 6.45) is 4.48. The second kappa shape index (κ2) is 10.7. The number of likely N-dealkylation sites (tertiary alicyclic amines) is 1. The number of nitrogens with zero attached hydrogens (tertiary/aromatic N) is 3. The van der Waals surface area contributed by atoms with Gasteiger partial charge in [0.1, 0.15) is 5.69 Å². The fourth-order valence-corrected chi connectivity index (χ4v) is 4.13. The van der Waals surface area contributed by atoms with E-state index >= 15 is 0 Å². The van der Waals surface area contributed by atoms with Gasteiger partial charge in [-0.2, -0.15) is 0 Å². The lowest BCUT2D eigenvalue weighted by Gasteiger charge is -2.29. The molecule has 2 amide bonds. The van der Waals surface area contributed by atoms with Crippen molar-refractivity contribution in [3.63, 3.8) is 0 Å². The summed E-state index contributed by atoms with van der Waals surface area (Å²) in [6, 6.07) is 13.4. The molecule has 2 N–H and O–H groups in total. The molecule has 1 aromatic heterocycles. The predicted octanol–water partition coefficient (Wildman–Crippen LogP) is 4.08. The maximum Gasteiger partial charge on any atom is 0.270 e. The maximum atomic E-state index is 12.8. The Hall–Kier alpha value is -3.03. The van der Waals surface area contributed by atoms with Gasteiger partial charge in [0.25, 0.3) is 5.91 Å². The number of rotatable bonds is 7. The van der Waals surface area contributed by atoms with Gasteiger partial charge < -0.3 is 15.5 Å². The maximum absolute atomic E-state index is 12.8. The first kappa shape index (κ1) is 23.1. The van der Waals surface area contributed by atoms with Gasteiger partial charge in [0.05, 0.1) is 0 Å². The molecule has 7 nitrogen and oxygen atoms in total. The highest BCUT2D eigenvalue weighted by Gasteiger charge is 2.20.